The smallest absolute Gasteiger partial charge is 0.266 e. The average molecular weight is 401 g/mol. The Kier molecular flexibility index (Phi) is 4.55. The van der Waals surface area contributed by atoms with Gasteiger partial charge in [0.1, 0.15) is 11.6 Å². The Hall–Kier alpha value is -2.12. The minimum atomic E-state index is -1.01. The fourth-order valence-corrected chi connectivity index (χ4v) is 5.12. The van der Waals surface area contributed by atoms with Gasteiger partial charge in [-0.1, -0.05) is 0 Å². The lowest BCUT2D eigenvalue weighted by Crippen LogP contribution is -2.53. The molecule has 1 saturated carbocycles. The number of aliphatic hydroxyl groups is 1. The number of hydrogen-bond acceptors (Lipinski definition) is 4. The number of piperidine rings is 1. The van der Waals surface area contributed by atoms with Gasteiger partial charge in [-0.3, -0.25) is 9.69 Å². The maximum atomic E-state index is 14.1. The van der Waals surface area contributed by atoms with Gasteiger partial charge in [0.15, 0.2) is 0 Å². The monoisotopic (exact) mass is 401 g/mol. The molecule has 0 spiro atoms. The van der Waals surface area contributed by atoms with E-state index in [9.17, 15) is 18.7 Å². The van der Waals surface area contributed by atoms with Crippen LogP contribution in [0.2, 0.25) is 0 Å². The predicted molar refractivity (Wildman–Crippen MR) is 103 cm³/mol. The third-order valence-electron chi connectivity index (χ3n) is 6.69. The van der Waals surface area contributed by atoms with Crippen molar-refractivity contribution in [2.45, 2.75) is 75.2 Å². The van der Waals surface area contributed by atoms with E-state index >= 15 is 0 Å². The molecule has 2 aliphatic heterocycles. The van der Waals surface area contributed by atoms with Crippen molar-refractivity contribution < 1.29 is 13.9 Å². The Balaban J connectivity index is 1.33. The number of nitrogens with zero attached hydrogens (tertiary/aromatic N) is 3. The molecule has 2 aromatic rings. The first-order valence-corrected chi connectivity index (χ1v) is 10.4. The van der Waals surface area contributed by atoms with Gasteiger partial charge in [-0.2, -0.15) is 5.10 Å². The molecule has 1 aromatic heterocycles. The Labute approximate surface area is 168 Å². The zero-order valence-electron chi connectivity index (χ0n) is 16.2. The SMILES string of the molecule is O=c1ccc(C2CC2)nn1CC1(O)C[C@H]2CC[C@@H](C1)N2Cc1cc(F)ccc1F. The fraction of sp³-hybridized carbons (Fsp3) is 0.545. The number of hydrogen-bond donors (Lipinski definition) is 1. The van der Waals surface area contributed by atoms with Gasteiger partial charge in [-0.15, -0.1) is 0 Å². The first-order chi connectivity index (χ1) is 13.9. The van der Waals surface area contributed by atoms with Gasteiger partial charge in [-0.05, 0) is 62.8 Å². The van der Waals surface area contributed by atoms with Gasteiger partial charge in [0.05, 0.1) is 17.8 Å². The van der Waals surface area contributed by atoms with Gasteiger partial charge < -0.3 is 5.11 Å². The highest BCUT2D eigenvalue weighted by molar-refractivity contribution is 5.20. The summed E-state index contributed by atoms with van der Waals surface area (Å²) in [6, 6.07) is 7.05. The second-order valence-electron chi connectivity index (χ2n) is 8.95. The van der Waals surface area contributed by atoms with Crippen LogP contribution in [0.1, 0.15) is 55.7 Å². The molecular weight excluding hydrogens is 376 g/mol. The number of rotatable bonds is 5. The van der Waals surface area contributed by atoms with Gasteiger partial charge in [0.25, 0.3) is 5.56 Å². The second kappa shape index (κ2) is 6.99. The summed E-state index contributed by atoms with van der Waals surface area (Å²) in [5.74, 6) is -0.404. The molecule has 3 aliphatic rings. The van der Waals surface area contributed by atoms with Crippen LogP contribution in [0, 0.1) is 11.6 Å². The topological polar surface area (TPSA) is 58.4 Å². The lowest BCUT2D eigenvalue weighted by molar-refractivity contribution is -0.0680. The highest BCUT2D eigenvalue weighted by Gasteiger charge is 2.48. The summed E-state index contributed by atoms with van der Waals surface area (Å²) in [7, 11) is 0. The Bertz CT molecular complexity index is 974. The molecule has 154 valence electrons. The van der Waals surface area contributed by atoms with Gasteiger partial charge in [0, 0.05) is 36.2 Å². The maximum absolute atomic E-state index is 14.1. The number of benzene rings is 1. The van der Waals surface area contributed by atoms with E-state index in [-0.39, 0.29) is 24.2 Å². The molecule has 0 radical (unpaired) electrons. The Morgan fingerprint density at radius 1 is 1.07 bits per heavy atom. The molecule has 29 heavy (non-hydrogen) atoms. The van der Waals surface area contributed by atoms with Crippen LogP contribution in [0.25, 0.3) is 0 Å². The van der Waals surface area contributed by atoms with Crippen LogP contribution in [0.4, 0.5) is 8.78 Å². The van der Waals surface area contributed by atoms with E-state index in [1.165, 1.54) is 10.7 Å². The molecule has 2 saturated heterocycles. The van der Waals surface area contributed by atoms with Crippen molar-refractivity contribution in [3.63, 3.8) is 0 Å². The van der Waals surface area contributed by atoms with E-state index in [1.807, 2.05) is 0 Å². The summed E-state index contributed by atoms with van der Waals surface area (Å²) in [6.45, 7) is 0.520. The van der Waals surface area contributed by atoms with Gasteiger partial charge >= 0.3 is 0 Å². The summed E-state index contributed by atoms with van der Waals surface area (Å²) in [5.41, 5.74) is 0.0685. The van der Waals surface area contributed by atoms with Crippen LogP contribution in [0.5, 0.6) is 0 Å². The first kappa shape index (κ1) is 18.9. The van der Waals surface area contributed by atoms with Crippen molar-refractivity contribution in [1.29, 1.82) is 0 Å². The van der Waals surface area contributed by atoms with Gasteiger partial charge in [0.2, 0.25) is 0 Å². The lowest BCUT2D eigenvalue weighted by Gasteiger charge is -2.43. The van der Waals surface area contributed by atoms with Crippen molar-refractivity contribution in [3.05, 3.63) is 63.6 Å². The molecule has 0 amide bonds. The number of halogens is 2. The molecule has 3 heterocycles. The number of fused-ring (bicyclic) bond motifs is 2. The summed E-state index contributed by atoms with van der Waals surface area (Å²) in [6.07, 6.45) is 5.03. The fourth-order valence-electron chi connectivity index (χ4n) is 5.12. The third-order valence-corrected chi connectivity index (χ3v) is 6.69. The Morgan fingerprint density at radius 3 is 2.48 bits per heavy atom. The molecule has 1 N–H and O–H groups in total. The van der Waals surface area contributed by atoms with Crippen LogP contribution in [0.3, 0.4) is 0 Å². The van der Waals surface area contributed by atoms with Crippen LogP contribution in [-0.2, 0) is 13.1 Å². The lowest BCUT2D eigenvalue weighted by atomic mass is 9.85. The van der Waals surface area contributed by atoms with Crippen LogP contribution in [0.15, 0.2) is 35.1 Å². The Morgan fingerprint density at radius 2 is 1.79 bits per heavy atom. The van der Waals surface area contributed by atoms with Crippen molar-refractivity contribution in [3.8, 4) is 0 Å². The highest BCUT2D eigenvalue weighted by Crippen LogP contribution is 2.42. The van der Waals surface area contributed by atoms with E-state index in [1.54, 1.807) is 12.1 Å². The summed E-state index contributed by atoms with van der Waals surface area (Å²) >= 11 is 0. The molecule has 1 unspecified atom stereocenters. The minimum absolute atomic E-state index is 0.0868. The zero-order chi connectivity index (χ0) is 20.2. The standard InChI is InChI=1S/C22H25F2N3O2/c23-16-3-6-19(24)15(9-16)12-26-17-4-5-18(26)11-22(29,10-17)13-27-21(28)8-7-20(25-27)14-1-2-14/h3,6-9,14,17-18,29H,1-2,4-5,10-13H2/t17-,18+,22?. The summed E-state index contributed by atoms with van der Waals surface area (Å²) in [4.78, 5) is 14.5. The summed E-state index contributed by atoms with van der Waals surface area (Å²) < 4.78 is 29.1. The quantitative estimate of drug-likeness (QED) is 0.837. The van der Waals surface area contributed by atoms with E-state index in [2.05, 4.69) is 10.00 Å². The van der Waals surface area contributed by atoms with Crippen molar-refractivity contribution in [2.24, 2.45) is 0 Å². The largest absolute Gasteiger partial charge is 0.388 e. The molecule has 7 heteroatoms. The first-order valence-electron chi connectivity index (χ1n) is 10.4. The molecule has 1 aromatic carbocycles. The molecule has 3 atom stereocenters. The van der Waals surface area contributed by atoms with E-state index < -0.39 is 17.2 Å². The summed E-state index contributed by atoms with van der Waals surface area (Å²) in [5, 5.41) is 15.8. The predicted octanol–water partition coefficient (Wildman–Crippen LogP) is 2.96. The van der Waals surface area contributed by atoms with E-state index in [4.69, 9.17) is 0 Å². The third kappa shape index (κ3) is 3.73. The molecule has 5 nitrogen and oxygen atoms in total. The van der Waals surface area contributed by atoms with Crippen LogP contribution in [-0.4, -0.2) is 37.5 Å². The normalized spacial score (nSPS) is 29.3. The average Bonchev–Trinajstić information content (AvgIpc) is 3.48. The van der Waals surface area contributed by atoms with Gasteiger partial charge in [-0.25, -0.2) is 13.5 Å². The molecule has 2 bridgehead atoms. The highest BCUT2D eigenvalue weighted by atomic mass is 19.1. The zero-order valence-corrected chi connectivity index (χ0v) is 16.2. The maximum Gasteiger partial charge on any atom is 0.266 e. The minimum Gasteiger partial charge on any atom is -0.388 e. The molecule has 5 rings (SSSR count). The molecule has 3 fully saturated rings. The van der Waals surface area contributed by atoms with Crippen molar-refractivity contribution in [2.75, 3.05) is 0 Å². The van der Waals surface area contributed by atoms with E-state index in [0.717, 1.165) is 43.5 Å². The second-order valence-corrected chi connectivity index (χ2v) is 8.95. The van der Waals surface area contributed by atoms with Crippen LogP contribution >= 0.6 is 0 Å². The molecular formula is C22H25F2N3O2. The van der Waals surface area contributed by atoms with Crippen molar-refractivity contribution in [1.82, 2.24) is 14.7 Å². The van der Waals surface area contributed by atoms with Crippen molar-refractivity contribution >= 4 is 0 Å². The van der Waals surface area contributed by atoms with E-state index in [0.29, 0.717) is 30.9 Å². The number of aromatic nitrogens is 2. The molecule has 1 aliphatic carbocycles. The van der Waals surface area contributed by atoms with Crippen LogP contribution < -0.4 is 5.56 Å².